The molecule has 3 aromatic rings. The van der Waals surface area contributed by atoms with Crippen LogP contribution in [0.2, 0.25) is 0 Å². The molecular formula is C36H48O3. The van der Waals surface area contributed by atoms with E-state index in [9.17, 15) is 0 Å². The summed E-state index contributed by atoms with van der Waals surface area (Å²) in [7, 11) is 0. The van der Waals surface area contributed by atoms with E-state index in [0.717, 1.165) is 42.6 Å². The van der Waals surface area contributed by atoms with E-state index < -0.39 is 5.60 Å². The van der Waals surface area contributed by atoms with Crippen LogP contribution in [0.4, 0.5) is 0 Å². The van der Waals surface area contributed by atoms with Crippen molar-refractivity contribution in [3.63, 3.8) is 0 Å². The zero-order valence-electron chi connectivity index (χ0n) is 24.1. The Morgan fingerprint density at radius 3 is 1.67 bits per heavy atom. The maximum absolute atomic E-state index is 7.01. The Kier molecular flexibility index (Phi) is 14.5. The van der Waals surface area contributed by atoms with Crippen molar-refractivity contribution in [1.82, 2.24) is 0 Å². The Labute approximate surface area is 237 Å². The van der Waals surface area contributed by atoms with Crippen molar-refractivity contribution in [2.45, 2.75) is 83.3 Å². The average molecular weight is 529 g/mol. The molecule has 39 heavy (non-hydrogen) atoms. The van der Waals surface area contributed by atoms with Crippen LogP contribution in [0.5, 0.6) is 0 Å². The molecular weight excluding hydrogens is 480 g/mol. The first-order chi connectivity index (χ1) is 19.3. The van der Waals surface area contributed by atoms with E-state index in [4.69, 9.17) is 14.2 Å². The highest BCUT2D eigenvalue weighted by atomic mass is 16.6. The summed E-state index contributed by atoms with van der Waals surface area (Å²) >= 11 is 0. The lowest BCUT2D eigenvalue weighted by molar-refractivity contribution is -0.0685. The van der Waals surface area contributed by atoms with Gasteiger partial charge in [-0.1, -0.05) is 143 Å². The number of hydrogen-bond acceptors (Lipinski definition) is 3. The van der Waals surface area contributed by atoms with Gasteiger partial charge in [-0.2, -0.15) is 0 Å². The standard InChI is InChI=1S/C36H48O3/c1-3-5-7-9-10-20-28-37-30-35(38-29-21-8-6-4-2)31-39-36(32-22-14-11-15-23-32,33-24-16-12-17-25-33)34-26-18-13-19-27-34/h11-19,21-27,29,35H,3-10,20,28,30-31H2,1-2H3. The highest BCUT2D eigenvalue weighted by Crippen LogP contribution is 2.40. The van der Waals surface area contributed by atoms with Crippen LogP contribution in [0.1, 0.15) is 88.3 Å². The second-order valence-electron chi connectivity index (χ2n) is 10.2. The van der Waals surface area contributed by atoms with E-state index in [1.54, 1.807) is 0 Å². The molecule has 0 aliphatic rings. The zero-order chi connectivity index (χ0) is 27.4. The van der Waals surface area contributed by atoms with Gasteiger partial charge in [0.25, 0.3) is 0 Å². The van der Waals surface area contributed by atoms with E-state index in [1.165, 1.54) is 38.5 Å². The van der Waals surface area contributed by atoms with E-state index in [1.807, 2.05) is 24.5 Å². The molecule has 0 N–H and O–H groups in total. The van der Waals surface area contributed by atoms with E-state index in [0.29, 0.717) is 13.2 Å². The van der Waals surface area contributed by atoms with Gasteiger partial charge in [0.05, 0.1) is 19.5 Å². The molecule has 0 spiro atoms. The van der Waals surface area contributed by atoms with Gasteiger partial charge in [-0.05, 0) is 42.0 Å². The lowest BCUT2D eigenvalue weighted by Gasteiger charge is -2.37. The second kappa shape index (κ2) is 18.4. The molecule has 0 aliphatic carbocycles. The summed E-state index contributed by atoms with van der Waals surface area (Å²) in [6, 6.07) is 31.5. The van der Waals surface area contributed by atoms with Crippen LogP contribution in [0.15, 0.2) is 103 Å². The van der Waals surface area contributed by atoms with Crippen LogP contribution in [-0.2, 0) is 19.8 Å². The number of allylic oxidation sites excluding steroid dienone is 1. The quantitative estimate of drug-likeness (QED) is 0.0830. The molecule has 0 saturated heterocycles. The van der Waals surface area contributed by atoms with Gasteiger partial charge in [0.15, 0.2) is 0 Å². The first-order valence-electron chi connectivity index (χ1n) is 15.0. The van der Waals surface area contributed by atoms with Crippen LogP contribution >= 0.6 is 0 Å². The Morgan fingerprint density at radius 2 is 1.13 bits per heavy atom. The molecule has 3 nitrogen and oxygen atoms in total. The molecule has 0 fully saturated rings. The third kappa shape index (κ3) is 9.98. The predicted molar refractivity (Wildman–Crippen MR) is 163 cm³/mol. The van der Waals surface area contributed by atoms with Crippen LogP contribution in [0.3, 0.4) is 0 Å². The number of rotatable bonds is 20. The number of benzene rings is 3. The van der Waals surface area contributed by atoms with E-state index >= 15 is 0 Å². The topological polar surface area (TPSA) is 27.7 Å². The lowest BCUT2D eigenvalue weighted by atomic mass is 9.80. The van der Waals surface area contributed by atoms with Gasteiger partial charge in [-0.3, -0.25) is 0 Å². The summed E-state index contributed by atoms with van der Waals surface area (Å²) < 4.78 is 19.4. The van der Waals surface area contributed by atoms with Gasteiger partial charge < -0.3 is 14.2 Å². The summed E-state index contributed by atoms with van der Waals surface area (Å²) in [5.41, 5.74) is 2.50. The lowest BCUT2D eigenvalue weighted by Crippen LogP contribution is -2.37. The third-order valence-electron chi connectivity index (χ3n) is 7.06. The molecule has 210 valence electrons. The fourth-order valence-corrected chi connectivity index (χ4v) is 4.87. The minimum atomic E-state index is -0.767. The number of ether oxygens (including phenoxy) is 3. The van der Waals surface area contributed by atoms with Gasteiger partial charge in [0.1, 0.15) is 11.7 Å². The predicted octanol–water partition coefficient (Wildman–Crippen LogP) is 9.46. The summed E-state index contributed by atoms with van der Waals surface area (Å²) in [6.07, 6.45) is 14.6. The van der Waals surface area contributed by atoms with Gasteiger partial charge in [-0.15, -0.1) is 0 Å². The van der Waals surface area contributed by atoms with Crippen molar-refractivity contribution >= 4 is 0 Å². The van der Waals surface area contributed by atoms with Gasteiger partial charge in [-0.25, -0.2) is 0 Å². The summed E-state index contributed by atoms with van der Waals surface area (Å²) in [5, 5.41) is 0. The van der Waals surface area contributed by atoms with Gasteiger partial charge in [0.2, 0.25) is 0 Å². The molecule has 0 heterocycles. The van der Waals surface area contributed by atoms with Gasteiger partial charge in [0, 0.05) is 6.61 Å². The highest BCUT2D eigenvalue weighted by Gasteiger charge is 2.38. The maximum atomic E-state index is 7.01. The summed E-state index contributed by atoms with van der Waals surface area (Å²) in [5.74, 6) is 0. The zero-order valence-corrected chi connectivity index (χ0v) is 24.1. The molecule has 0 amide bonds. The second-order valence-corrected chi connectivity index (χ2v) is 10.2. The minimum absolute atomic E-state index is 0.210. The van der Waals surface area contributed by atoms with Crippen LogP contribution < -0.4 is 0 Å². The van der Waals surface area contributed by atoms with Crippen molar-refractivity contribution in [3.05, 3.63) is 120 Å². The Hall–Kier alpha value is -2.88. The average Bonchev–Trinajstić information content (AvgIpc) is 3.00. The summed E-state index contributed by atoms with van der Waals surface area (Å²) in [6.45, 7) is 6.11. The highest BCUT2D eigenvalue weighted by molar-refractivity contribution is 5.47. The van der Waals surface area contributed by atoms with Crippen molar-refractivity contribution in [2.24, 2.45) is 0 Å². The van der Waals surface area contributed by atoms with Gasteiger partial charge >= 0.3 is 0 Å². The molecule has 3 rings (SSSR count). The number of hydrogen-bond donors (Lipinski definition) is 0. The molecule has 1 atom stereocenters. The minimum Gasteiger partial charge on any atom is -0.494 e. The fourth-order valence-electron chi connectivity index (χ4n) is 4.87. The molecule has 0 aromatic heterocycles. The fraction of sp³-hybridized carbons (Fsp3) is 0.444. The smallest absolute Gasteiger partial charge is 0.144 e. The van der Waals surface area contributed by atoms with Crippen LogP contribution in [-0.4, -0.2) is 25.9 Å². The first kappa shape index (κ1) is 30.7. The molecule has 0 bridgehead atoms. The molecule has 0 saturated carbocycles. The molecule has 0 radical (unpaired) electrons. The van der Waals surface area contributed by atoms with Crippen molar-refractivity contribution in [1.29, 1.82) is 0 Å². The Bertz CT molecular complexity index is 920. The van der Waals surface area contributed by atoms with E-state index in [-0.39, 0.29) is 6.10 Å². The largest absolute Gasteiger partial charge is 0.494 e. The molecule has 0 aliphatic heterocycles. The van der Waals surface area contributed by atoms with Crippen molar-refractivity contribution in [2.75, 3.05) is 19.8 Å². The van der Waals surface area contributed by atoms with Crippen molar-refractivity contribution in [3.8, 4) is 0 Å². The maximum Gasteiger partial charge on any atom is 0.144 e. The van der Waals surface area contributed by atoms with E-state index in [2.05, 4.69) is 92.7 Å². The SMILES string of the molecule is CCCCC=COC(COCCCCCCCC)COC(c1ccccc1)(c1ccccc1)c1ccccc1. The van der Waals surface area contributed by atoms with Crippen LogP contribution in [0.25, 0.3) is 0 Å². The molecule has 1 unspecified atom stereocenters. The van der Waals surface area contributed by atoms with Crippen molar-refractivity contribution < 1.29 is 14.2 Å². The normalized spacial score (nSPS) is 12.6. The Balaban J connectivity index is 1.79. The molecule has 3 aromatic carbocycles. The third-order valence-corrected chi connectivity index (χ3v) is 7.06. The first-order valence-corrected chi connectivity index (χ1v) is 15.0. The Morgan fingerprint density at radius 1 is 0.615 bits per heavy atom. The monoisotopic (exact) mass is 528 g/mol. The summed E-state index contributed by atoms with van der Waals surface area (Å²) in [4.78, 5) is 0. The van der Waals surface area contributed by atoms with Crippen LogP contribution in [0, 0.1) is 0 Å². The number of unbranched alkanes of at least 4 members (excludes halogenated alkanes) is 7. The molecule has 3 heteroatoms.